The minimum absolute atomic E-state index is 0.239. The Morgan fingerprint density at radius 1 is 1.18 bits per heavy atom. The van der Waals surface area contributed by atoms with E-state index in [9.17, 15) is 18.0 Å². The fraction of sp³-hybridized carbons (Fsp3) is 0.200. The molecule has 0 radical (unpaired) electrons. The third-order valence-electron chi connectivity index (χ3n) is 4.05. The summed E-state index contributed by atoms with van der Waals surface area (Å²) in [6, 6.07) is 12.3. The van der Waals surface area contributed by atoms with Crippen molar-refractivity contribution in [3.63, 3.8) is 0 Å². The van der Waals surface area contributed by atoms with Crippen LogP contribution in [0.25, 0.3) is 5.69 Å². The predicted molar refractivity (Wildman–Crippen MR) is 98.5 cm³/mol. The quantitative estimate of drug-likeness (QED) is 0.677. The summed E-state index contributed by atoms with van der Waals surface area (Å²) in [4.78, 5) is 12.1. The van der Waals surface area contributed by atoms with Gasteiger partial charge >= 0.3 is 6.18 Å². The van der Waals surface area contributed by atoms with Gasteiger partial charge in [0.05, 0.1) is 16.9 Å². The van der Waals surface area contributed by atoms with Crippen LogP contribution in [0.15, 0.2) is 60.9 Å². The number of carbonyl (C=O) groups is 1. The van der Waals surface area contributed by atoms with E-state index in [2.05, 4.69) is 10.4 Å². The number of aromatic nitrogens is 2. The molecule has 2 aromatic carbocycles. The Labute approximate surface area is 159 Å². The molecule has 0 spiro atoms. The molecule has 8 heteroatoms. The lowest BCUT2D eigenvalue weighted by molar-refractivity contribution is -0.137. The van der Waals surface area contributed by atoms with Crippen LogP contribution in [0.1, 0.15) is 18.1 Å². The fourth-order valence-electron chi connectivity index (χ4n) is 2.60. The Morgan fingerprint density at radius 2 is 1.93 bits per heavy atom. The average molecular weight is 389 g/mol. The number of rotatable bonds is 6. The second kappa shape index (κ2) is 8.16. The first kappa shape index (κ1) is 19.5. The number of benzene rings is 2. The Morgan fingerprint density at radius 3 is 2.54 bits per heavy atom. The number of halogens is 3. The molecular weight excluding hydrogens is 371 g/mol. The van der Waals surface area contributed by atoms with Crippen molar-refractivity contribution in [1.82, 2.24) is 9.78 Å². The zero-order chi connectivity index (χ0) is 20.1. The van der Waals surface area contributed by atoms with E-state index in [1.807, 2.05) is 19.1 Å². The normalized spacial score (nSPS) is 11.3. The number of nitrogens with one attached hydrogen (secondary N) is 1. The molecule has 28 heavy (non-hydrogen) atoms. The molecule has 0 aliphatic heterocycles. The van der Waals surface area contributed by atoms with Gasteiger partial charge in [0.15, 0.2) is 6.61 Å². The summed E-state index contributed by atoms with van der Waals surface area (Å²) in [7, 11) is 0. The van der Waals surface area contributed by atoms with Crippen molar-refractivity contribution in [2.45, 2.75) is 19.5 Å². The molecule has 146 valence electrons. The average Bonchev–Trinajstić information content (AvgIpc) is 3.21. The molecule has 0 saturated carbocycles. The van der Waals surface area contributed by atoms with Crippen LogP contribution in [0.5, 0.6) is 5.75 Å². The number of alkyl halides is 3. The summed E-state index contributed by atoms with van der Waals surface area (Å²) < 4.78 is 46.9. The monoisotopic (exact) mass is 389 g/mol. The second-order valence-electron chi connectivity index (χ2n) is 6.01. The third kappa shape index (κ3) is 4.70. The van der Waals surface area contributed by atoms with Crippen molar-refractivity contribution < 1.29 is 22.7 Å². The van der Waals surface area contributed by atoms with Crippen LogP contribution in [0.3, 0.4) is 0 Å². The molecule has 0 bridgehead atoms. The molecule has 1 N–H and O–H groups in total. The standard InChI is InChI=1S/C20H18F3N3O2/c1-2-14-4-7-16(8-5-14)28-13-19(27)25-18-9-6-15(26-11-3-10-24-26)12-17(18)20(21,22)23/h3-12H,2,13H2,1H3,(H,25,27). The van der Waals surface area contributed by atoms with Crippen molar-refractivity contribution in [2.75, 3.05) is 11.9 Å². The Kier molecular flexibility index (Phi) is 5.67. The summed E-state index contributed by atoms with van der Waals surface area (Å²) in [5.74, 6) is -0.214. The van der Waals surface area contributed by atoms with Gasteiger partial charge in [-0.1, -0.05) is 19.1 Å². The van der Waals surface area contributed by atoms with Crippen LogP contribution < -0.4 is 10.1 Å². The van der Waals surface area contributed by atoms with Crippen molar-refractivity contribution in [2.24, 2.45) is 0 Å². The second-order valence-corrected chi connectivity index (χ2v) is 6.01. The third-order valence-corrected chi connectivity index (χ3v) is 4.05. The van der Waals surface area contributed by atoms with E-state index < -0.39 is 24.3 Å². The van der Waals surface area contributed by atoms with Gasteiger partial charge in [-0.25, -0.2) is 4.68 Å². The van der Waals surface area contributed by atoms with Gasteiger partial charge < -0.3 is 10.1 Å². The number of nitrogens with zero attached hydrogens (tertiary/aromatic N) is 2. The van der Waals surface area contributed by atoms with Gasteiger partial charge in [-0.2, -0.15) is 18.3 Å². The molecule has 0 unspecified atom stereocenters. The first-order valence-corrected chi connectivity index (χ1v) is 8.59. The Hall–Kier alpha value is -3.29. The smallest absolute Gasteiger partial charge is 0.418 e. The number of carbonyl (C=O) groups excluding carboxylic acids is 1. The van der Waals surface area contributed by atoms with Gasteiger partial charge in [-0.15, -0.1) is 0 Å². The highest BCUT2D eigenvalue weighted by molar-refractivity contribution is 5.93. The minimum atomic E-state index is -4.64. The molecule has 0 atom stereocenters. The maximum atomic E-state index is 13.4. The SMILES string of the molecule is CCc1ccc(OCC(=O)Nc2ccc(-n3cccn3)cc2C(F)(F)F)cc1. The molecule has 5 nitrogen and oxygen atoms in total. The van der Waals surface area contributed by atoms with Crippen LogP contribution in [-0.4, -0.2) is 22.3 Å². The highest BCUT2D eigenvalue weighted by Gasteiger charge is 2.34. The van der Waals surface area contributed by atoms with Crippen LogP contribution >= 0.6 is 0 Å². The molecule has 0 aliphatic rings. The van der Waals surface area contributed by atoms with E-state index in [-0.39, 0.29) is 11.4 Å². The highest BCUT2D eigenvalue weighted by atomic mass is 19.4. The summed E-state index contributed by atoms with van der Waals surface area (Å²) in [6.45, 7) is 1.61. The maximum Gasteiger partial charge on any atom is 0.418 e. The molecule has 0 aliphatic carbocycles. The first-order chi connectivity index (χ1) is 13.4. The first-order valence-electron chi connectivity index (χ1n) is 8.59. The van der Waals surface area contributed by atoms with E-state index >= 15 is 0 Å². The number of hydrogen-bond acceptors (Lipinski definition) is 3. The number of amides is 1. The molecule has 3 rings (SSSR count). The molecular formula is C20H18F3N3O2. The maximum absolute atomic E-state index is 13.4. The molecule has 3 aromatic rings. The van der Waals surface area contributed by atoms with Crippen molar-refractivity contribution >= 4 is 11.6 Å². The zero-order valence-corrected chi connectivity index (χ0v) is 15.0. The van der Waals surface area contributed by atoms with Crippen LogP contribution in [0, 0.1) is 0 Å². The molecule has 0 saturated heterocycles. The van der Waals surface area contributed by atoms with Crippen LogP contribution in [0.4, 0.5) is 18.9 Å². The minimum Gasteiger partial charge on any atom is -0.484 e. The highest BCUT2D eigenvalue weighted by Crippen LogP contribution is 2.36. The van der Waals surface area contributed by atoms with Gasteiger partial charge in [-0.05, 0) is 48.4 Å². The zero-order valence-electron chi connectivity index (χ0n) is 15.0. The fourth-order valence-corrected chi connectivity index (χ4v) is 2.60. The van der Waals surface area contributed by atoms with E-state index in [4.69, 9.17) is 4.74 Å². The van der Waals surface area contributed by atoms with Gasteiger partial charge in [0.1, 0.15) is 5.75 Å². The predicted octanol–water partition coefficient (Wildman–Crippen LogP) is 4.47. The van der Waals surface area contributed by atoms with E-state index in [1.54, 1.807) is 18.2 Å². The topological polar surface area (TPSA) is 56.1 Å². The van der Waals surface area contributed by atoms with E-state index in [0.29, 0.717) is 5.75 Å². The Balaban J connectivity index is 1.72. The largest absolute Gasteiger partial charge is 0.484 e. The summed E-state index contributed by atoms with van der Waals surface area (Å²) in [5.41, 5.74) is 0.0611. The number of hydrogen-bond donors (Lipinski definition) is 1. The number of aryl methyl sites for hydroxylation is 1. The van der Waals surface area contributed by atoms with Gasteiger partial charge in [-0.3, -0.25) is 4.79 Å². The van der Waals surface area contributed by atoms with Crippen molar-refractivity contribution in [3.05, 3.63) is 72.1 Å². The summed E-state index contributed by atoms with van der Waals surface area (Å²) >= 11 is 0. The van der Waals surface area contributed by atoms with Gasteiger partial charge in [0.25, 0.3) is 5.91 Å². The Bertz CT molecular complexity index is 936. The van der Waals surface area contributed by atoms with Crippen LogP contribution in [0.2, 0.25) is 0 Å². The van der Waals surface area contributed by atoms with Gasteiger partial charge in [0.2, 0.25) is 0 Å². The van der Waals surface area contributed by atoms with Crippen molar-refractivity contribution in [1.29, 1.82) is 0 Å². The molecule has 0 fully saturated rings. The summed E-state index contributed by atoms with van der Waals surface area (Å²) in [6.07, 6.45) is -0.767. The molecule has 1 amide bonds. The lowest BCUT2D eigenvalue weighted by Crippen LogP contribution is -2.22. The summed E-state index contributed by atoms with van der Waals surface area (Å²) in [5, 5.41) is 6.19. The molecule has 1 aromatic heterocycles. The lowest BCUT2D eigenvalue weighted by Gasteiger charge is -2.15. The lowest BCUT2D eigenvalue weighted by atomic mass is 10.1. The number of anilines is 1. The molecule has 1 heterocycles. The van der Waals surface area contributed by atoms with Gasteiger partial charge in [0, 0.05) is 12.4 Å². The van der Waals surface area contributed by atoms with Crippen molar-refractivity contribution in [3.8, 4) is 11.4 Å². The van der Waals surface area contributed by atoms with E-state index in [0.717, 1.165) is 18.1 Å². The van der Waals surface area contributed by atoms with E-state index in [1.165, 1.54) is 29.2 Å². The van der Waals surface area contributed by atoms with Crippen LogP contribution in [-0.2, 0) is 17.4 Å². The number of ether oxygens (including phenoxy) is 1.